The molecule has 28 heavy (non-hydrogen) atoms. The topological polar surface area (TPSA) is 49.9 Å². The summed E-state index contributed by atoms with van der Waals surface area (Å²) in [5.41, 5.74) is 2.34. The van der Waals surface area contributed by atoms with Gasteiger partial charge in [0, 0.05) is 24.4 Å². The predicted octanol–water partition coefficient (Wildman–Crippen LogP) is 3.82. The molecule has 5 nitrogen and oxygen atoms in total. The Morgan fingerprint density at radius 1 is 1.25 bits per heavy atom. The van der Waals surface area contributed by atoms with E-state index in [-0.39, 0.29) is 30.4 Å². The minimum absolute atomic E-state index is 0.00907. The Morgan fingerprint density at radius 3 is 2.61 bits per heavy atom. The van der Waals surface area contributed by atoms with Crippen LogP contribution in [-0.4, -0.2) is 47.4 Å². The lowest BCUT2D eigenvalue weighted by atomic mass is 10.0. The smallest absolute Gasteiger partial charge is 0.242 e. The van der Waals surface area contributed by atoms with Gasteiger partial charge in [-0.1, -0.05) is 17.7 Å². The van der Waals surface area contributed by atoms with Gasteiger partial charge in [-0.25, -0.2) is 0 Å². The Labute approximate surface area is 170 Å². The minimum Gasteiger partial charge on any atom is -0.491 e. The Hall–Kier alpha value is -2.34. The monoisotopic (exact) mass is 400 g/mol. The quantitative estimate of drug-likeness (QED) is 0.741. The molecule has 2 aromatic rings. The lowest BCUT2D eigenvalue weighted by Crippen LogP contribution is -2.49. The molecule has 150 valence electrons. The molecule has 0 bridgehead atoms. The van der Waals surface area contributed by atoms with E-state index < -0.39 is 0 Å². The van der Waals surface area contributed by atoms with Gasteiger partial charge in [0.15, 0.2) is 0 Å². The van der Waals surface area contributed by atoms with Gasteiger partial charge in [0.25, 0.3) is 0 Å². The van der Waals surface area contributed by atoms with Gasteiger partial charge in [0.05, 0.1) is 12.6 Å². The maximum atomic E-state index is 13.1. The molecule has 2 amide bonds. The fraction of sp³-hybridized carbons (Fsp3) is 0.455. The third kappa shape index (κ3) is 4.55. The van der Waals surface area contributed by atoms with Crippen molar-refractivity contribution in [3.8, 4) is 5.75 Å². The third-order valence-electron chi connectivity index (χ3n) is 5.18. The summed E-state index contributed by atoms with van der Waals surface area (Å²) >= 11 is 1.73. The summed E-state index contributed by atoms with van der Waals surface area (Å²) in [7, 11) is 0. The number of hydrogen-bond donors (Lipinski definition) is 0. The molecule has 0 spiro atoms. The molecule has 0 unspecified atom stereocenters. The van der Waals surface area contributed by atoms with E-state index in [0.29, 0.717) is 13.2 Å². The zero-order valence-electron chi connectivity index (χ0n) is 17.0. The van der Waals surface area contributed by atoms with Gasteiger partial charge in [-0.05, 0) is 56.3 Å². The summed E-state index contributed by atoms with van der Waals surface area (Å²) in [4.78, 5) is 29.8. The second-order valence-electron chi connectivity index (χ2n) is 7.52. The van der Waals surface area contributed by atoms with Crippen LogP contribution in [0, 0.1) is 6.92 Å². The Morgan fingerprint density at radius 2 is 1.96 bits per heavy atom. The second kappa shape index (κ2) is 8.78. The van der Waals surface area contributed by atoms with E-state index in [1.807, 2.05) is 49.9 Å². The number of ether oxygens (including phenoxy) is 1. The van der Waals surface area contributed by atoms with E-state index in [4.69, 9.17) is 4.74 Å². The Bertz CT molecular complexity index is 829. The number of fused-ring (bicyclic) bond motifs is 1. The van der Waals surface area contributed by atoms with E-state index >= 15 is 0 Å². The largest absolute Gasteiger partial charge is 0.491 e. The first-order valence-corrected chi connectivity index (χ1v) is 10.6. The molecule has 0 fully saturated rings. The zero-order chi connectivity index (χ0) is 20.3. The zero-order valence-corrected chi connectivity index (χ0v) is 17.8. The molecule has 1 aromatic heterocycles. The van der Waals surface area contributed by atoms with Gasteiger partial charge in [-0.3, -0.25) is 9.59 Å². The lowest BCUT2D eigenvalue weighted by molar-refractivity contribution is -0.143. The standard InChI is InChI=1S/C22H28N2O3S/c1-15(2)24(17(4)25)13-22(26)23-11-9-21-19(10-12-28-21)20(23)14-27-18-7-5-16(3)6-8-18/h5-8,10,12,15,20H,9,11,13-14H2,1-4H3/t20-/m0/s1. The molecular formula is C22H28N2O3S. The molecule has 3 rings (SSSR count). The average Bonchev–Trinajstić information content (AvgIpc) is 3.13. The predicted molar refractivity (Wildman–Crippen MR) is 112 cm³/mol. The first-order chi connectivity index (χ1) is 13.4. The molecule has 0 saturated carbocycles. The van der Waals surface area contributed by atoms with Crippen LogP contribution in [0.2, 0.25) is 0 Å². The number of nitrogens with zero attached hydrogens (tertiary/aromatic N) is 2. The minimum atomic E-state index is -0.134. The van der Waals surface area contributed by atoms with Gasteiger partial charge < -0.3 is 14.5 Å². The molecule has 1 aliphatic rings. The number of rotatable bonds is 6. The van der Waals surface area contributed by atoms with E-state index in [2.05, 4.69) is 11.4 Å². The summed E-state index contributed by atoms with van der Waals surface area (Å²) in [5.74, 6) is 0.690. The van der Waals surface area contributed by atoms with Gasteiger partial charge in [-0.2, -0.15) is 0 Å². The normalized spacial score (nSPS) is 16.0. The number of carbonyl (C=O) groups excluding carboxylic acids is 2. The van der Waals surface area contributed by atoms with Crippen molar-refractivity contribution in [2.75, 3.05) is 19.7 Å². The van der Waals surface area contributed by atoms with Crippen LogP contribution < -0.4 is 4.74 Å². The Balaban J connectivity index is 1.77. The van der Waals surface area contributed by atoms with E-state index in [0.717, 1.165) is 17.7 Å². The SMILES string of the molecule is CC(=O)N(CC(=O)N1CCc2sccc2[C@@H]1COc1ccc(C)cc1)C(C)C. The van der Waals surface area contributed by atoms with Crippen molar-refractivity contribution in [3.05, 3.63) is 51.7 Å². The van der Waals surface area contributed by atoms with Crippen LogP contribution in [0.4, 0.5) is 0 Å². The second-order valence-corrected chi connectivity index (χ2v) is 8.52. The van der Waals surface area contributed by atoms with E-state index in [9.17, 15) is 9.59 Å². The van der Waals surface area contributed by atoms with Crippen LogP contribution in [0.5, 0.6) is 5.75 Å². The Kier molecular flexibility index (Phi) is 6.39. The van der Waals surface area contributed by atoms with Crippen molar-refractivity contribution in [1.29, 1.82) is 0 Å². The summed E-state index contributed by atoms with van der Waals surface area (Å²) in [6.45, 7) is 8.57. The van der Waals surface area contributed by atoms with Crippen LogP contribution in [0.25, 0.3) is 0 Å². The molecule has 1 atom stereocenters. The number of thiophene rings is 1. The number of carbonyl (C=O) groups is 2. The lowest BCUT2D eigenvalue weighted by Gasteiger charge is -2.37. The number of aryl methyl sites for hydroxylation is 1. The highest BCUT2D eigenvalue weighted by molar-refractivity contribution is 7.10. The summed E-state index contributed by atoms with van der Waals surface area (Å²) < 4.78 is 6.04. The fourth-order valence-electron chi connectivity index (χ4n) is 3.58. The van der Waals surface area contributed by atoms with Crippen molar-refractivity contribution < 1.29 is 14.3 Å². The average molecular weight is 401 g/mol. The molecule has 0 saturated heterocycles. The van der Waals surface area contributed by atoms with Crippen molar-refractivity contribution in [1.82, 2.24) is 9.80 Å². The molecule has 2 heterocycles. The maximum absolute atomic E-state index is 13.1. The highest BCUT2D eigenvalue weighted by Gasteiger charge is 2.33. The maximum Gasteiger partial charge on any atom is 0.242 e. The van der Waals surface area contributed by atoms with Gasteiger partial charge in [-0.15, -0.1) is 11.3 Å². The molecule has 0 N–H and O–H groups in total. The van der Waals surface area contributed by atoms with E-state index in [1.54, 1.807) is 16.2 Å². The van der Waals surface area contributed by atoms with Crippen LogP contribution in [0.3, 0.4) is 0 Å². The first-order valence-electron chi connectivity index (χ1n) is 9.69. The number of amides is 2. The fourth-order valence-corrected chi connectivity index (χ4v) is 4.51. The highest BCUT2D eigenvalue weighted by Crippen LogP contribution is 2.34. The van der Waals surface area contributed by atoms with Crippen LogP contribution in [0.1, 0.15) is 42.8 Å². The van der Waals surface area contributed by atoms with E-state index in [1.165, 1.54) is 17.4 Å². The molecule has 0 radical (unpaired) electrons. The summed E-state index contributed by atoms with van der Waals surface area (Å²) in [6, 6.07) is 9.89. The third-order valence-corrected chi connectivity index (χ3v) is 6.17. The molecule has 0 aliphatic carbocycles. The number of hydrogen-bond acceptors (Lipinski definition) is 4. The van der Waals surface area contributed by atoms with Crippen molar-refractivity contribution in [3.63, 3.8) is 0 Å². The van der Waals surface area contributed by atoms with Gasteiger partial charge in [0.2, 0.25) is 11.8 Å². The molecule has 1 aliphatic heterocycles. The van der Waals surface area contributed by atoms with Crippen LogP contribution in [0.15, 0.2) is 35.7 Å². The van der Waals surface area contributed by atoms with Crippen molar-refractivity contribution in [2.45, 2.75) is 46.2 Å². The molecule has 1 aromatic carbocycles. The summed E-state index contributed by atoms with van der Waals surface area (Å²) in [6.07, 6.45) is 0.849. The van der Waals surface area contributed by atoms with Crippen molar-refractivity contribution >= 4 is 23.2 Å². The first kappa shape index (κ1) is 20.4. The number of benzene rings is 1. The molecular weight excluding hydrogens is 372 g/mol. The highest BCUT2D eigenvalue weighted by atomic mass is 32.1. The van der Waals surface area contributed by atoms with Gasteiger partial charge in [0.1, 0.15) is 12.4 Å². The van der Waals surface area contributed by atoms with Gasteiger partial charge >= 0.3 is 0 Å². The summed E-state index contributed by atoms with van der Waals surface area (Å²) in [5, 5.41) is 2.08. The van der Waals surface area contributed by atoms with Crippen LogP contribution in [-0.2, 0) is 16.0 Å². The molecule has 6 heteroatoms. The van der Waals surface area contributed by atoms with Crippen LogP contribution >= 0.6 is 11.3 Å². The van der Waals surface area contributed by atoms with Crippen molar-refractivity contribution in [2.24, 2.45) is 0 Å².